The summed E-state index contributed by atoms with van der Waals surface area (Å²) in [5, 5.41) is 9.26. The Morgan fingerprint density at radius 1 is 1.29 bits per heavy atom. The van der Waals surface area contributed by atoms with Crippen LogP contribution in [-0.4, -0.2) is 60.9 Å². The molecule has 0 spiro atoms. The maximum absolute atomic E-state index is 9.26. The first kappa shape index (κ1) is 14.8. The molecule has 0 aromatic carbocycles. The lowest BCUT2D eigenvalue weighted by atomic mass is 9.97. The number of rotatable bonds is 4. The molecule has 2 aliphatic heterocycles. The molecule has 0 aliphatic carbocycles. The first-order chi connectivity index (χ1) is 10.3. The Bertz CT molecular complexity index is 449. The Labute approximate surface area is 126 Å². The Balaban J connectivity index is 1.59. The fraction of sp³-hybridized carbons (Fsp3) is 0.688. The molecule has 0 unspecified atom stereocenters. The summed E-state index contributed by atoms with van der Waals surface area (Å²) < 4.78 is 5.42. The van der Waals surface area contributed by atoms with Crippen LogP contribution in [-0.2, 0) is 11.3 Å². The Morgan fingerprint density at radius 3 is 2.95 bits per heavy atom. The summed E-state index contributed by atoms with van der Waals surface area (Å²) in [6.45, 7) is 7.26. The first-order valence-corrected chi connectivity index (χ1v) is 7.96. The van der Waals surface area contributed by atoms with Crippen molar-refractivity contribution in [3.63, 3.8) is 0 Å². The molecule has 0 bridgehead atoms. The van der Waals surface area contributed by atoms with E-state index in [1.165, 1.54) is 19.4 Å². The summed E-state index contributed by atoms with van der Waals surface area (Å²) in [6.07, 6.45) is 4.32. The molecule has 0 saturated carbocycles. The van der Waals surface area contributed by atoms with Gasteiger partial charge in [-0.1, -0.05) is 0 Å². The van der Waals surface area contributed by atoms with Crippen LogP contribution in [0.3, 0.4) is 0 Å². The summed E-state index contributed by atoms with van der Waals surface area (Å²) in [5.41, 5.74) is 0.940. The van der Waals surface area contributed by atoms with E-state index in [-0.39, 0.29) is 6.61 Å². The van der Waals surface area contributed by atoms with Crippen LogP contribution in [0.15, 0.2) is 18.3 Å². The molecule has 5 heteroatoms. The van der Waals surface area contributed by atoms with E-state index in [1.807, 2.05) is 12.1 Å². The lowest BCUT2D eigenvalue weighted by Gasteiger charge is -2.37. The standard InChI is InChI=1S/C16H25N3O2/c20-13-14-3-4-17-16(10-14)19-5-1-2-15(12-19)11-18-6-8-21-9-7-18/h3-4,10,15,20H,1-2,5-9,11-13H2/t15-/m1/s1. The van der Waals surface area contributed by atoms with Crippen molar-refractivity contribution in [1.29, 1.82) is 0 Å². The third-order valence-corrected chi connectivity index (χ3v) is 4.46. The number of aromatic nitrogens is 1. The molecule has 1 atom stereocenters. The zero-order valence-corrected chi connectivity index (χ0v) is 12.6. The minimum atomic E-state index is 0.0839. The van der Waals surface area contributed by atoms with Gasteiger partial charge in [-0.15, -0.1) is 0 Å². The molecule has 21 heavy (non-hydrogen) atoms. The first-order valence-electron chi connectivity index (χ1n) is 7.96. The van der Waals surface area contributed by atoms with E-state index in [2.05, 4.69) is 14.8 Å². The number of nitrogens with zero attached hydrogens (tertiary/aromatic N) is 3. The molecule has 0 radical (unpaired) electrons. The Morgan fingerprint density at radius 2 is 2.14 bits per heavy atom. The lowest BCUT2D eigenvalue weighted by Crippen LogP contribution is -2.44. The highest BCUT2D eigenvalue weighted by atomic mass is 16.5. The van der Waals surface area contributed by atoms with Crippen LogP contribution in [0.25, 0.3) is 0 Å². The van der Waals surface area contributed by atoms with E-state index in [9.17, 15) is 5.11 Å². The quantitative estimate of drug-likeness (QED) is 0.901. The summed E-state index contributed by atoms with van der Waals surface area (Å²) in [7, 11) is 0. The number of anilines is 1. The predicted octanol–water partition coefficient (Wildman–Crippen LogP) is 1.12. The molecule has 1 aromatic heterocycles. The van der Waals surface area contributed by atoms with Crippen LogP contribution >= 0.6 is 0 Å². The van der Waals surface area contributed by atoms with E-state index < -0.39 is 0 Å². The van der Waals surface area contributed by atoms with Gasteiger partial charge in [0, 0.05) is 38.9 Å². The second-order valence-electron chi connectivity index (χ2n) is 6.05. The van der Waals surface area contributed by atoms with Gasteiger partial charge >= 0.3 is 0 Å². The van der Waals surface area contributed by atoms with Crippen LogP contribution in [0.2, 0.25) is 0 Å². The molecule has 0 amide bonds. The molecular formula is C16H25N3O2. The number of hydrogen-bond acceptors (Lipinski definition) is 5. The predicted molar refractivity (Wildman–Crippen MR) is 82.4 cm³/mol. The Kier molecular flexibility index (Phi) is 5.06. The number of piperidine rings is 1. The van der Waals surface area contributed by atoms with Crippen molar-refractivity contribution in [3.8, 4) is 0 Å². The van der Waals surface area contributed by atoms with E-state index in [4.69, 9.17) is 4.74 Å². The fourth-order valence-corrected chi connectivity index (χ4v) is 3.30. The fourth-order valence-electron chi connectivity index (χ4n) is 3.30. The largest absolute Gasteiger partial charge is 0.392 e. The highest BCUT2D eigenvalue weighted by molar-refractivity contribution is 5.41. The van der Waals surface area contributed by atoms with Crippen molar-refractivity contribution in [1.82, 2.24) is 9.88 Å². The average molecular weight is 291 g/mol. The maximum Gasteiger partial charge on any atom is 0.128 e. The molecule has 2 fully saturated rings. The molecule has 2 aliphatic rings. The lowest BCUT2D eigenvalue weighted by molar-refractivity contribution is 0.0296. The highest BCUT2D eigenvalue weighted by Crippen LogP contribution is 2.23. The van der Waals surface area contributed by atoms with Gasteiger partial charge in [0.1, 0.15) is 5.82 Å². The molecule has 3 heterocycles. The number of hydrogen-bond donors (Lipinski definition) is 1. The van der Waals surface area contributed by atoms with Crippen LogP contribution < -0.4 is 4.90 Å². The molecule has 116 valence electrons. The summed E-state index contributed by atoms with van der Waals surface area (Å²) in [4.78, 5) is 9.37. The minimum absolute atomic E-state index is 0.0839. The number of morpholine rings is 1. The van der Waals surface area contributed by atoms with Crippen LogP contribution in [0.5, 0.6) is 0 Å². The number of pyridine rings is 1. The summed E-state index contributed by atoms with van der Waals surface area (Å²) >= 11 is 0. The summed E-state index contributed by atoms with van der Waals surface area (Å²) in [5.74, 6) is 1.71. The monoisotopic (exact) mass is 291 g/mol. The highest BCUT2D eigenvalue weighted by Gasteiger charge is 2.23. The van der Waals surface area contributed by atoms with Gasteiger partial charge in [0.2, 0.25) is 0 Å². The Hall–Kier alpha value is -1.17. The van der Waals surface area contributed by atoms with E-state index >= 15 is 0 Å². The van der Waals surface area contributed by atoms with Gasteiger partial charge < -0.3 is 14.7 Å². The molecular weight excluding hydrogens is 266 g/mol. The maximum atomic E-state index is 9.26. The number of aliphatic hydroxyl groups is 1. The number of ether oxygens (including phenoxy) is 1. The molecule has 1 aromatic rings. The zero-order valence-electron chi connectivity index (χ0n) is 12.6. The van der Waals surface area contributed by atoms with Gasteiger partial charge in [-0.3, -0.25) is 4.90 Å². The van der Waals surface area contributed by atoms with Crippen LogP contribution in [0.1, 0.15) is 18.4 Å². The number of aliphatic hydroxyl groups excluding tert-OH is 1. The third-order valence-electron chi connectivity index (χ3n) is 4.46. The van der Waals surface area contributed by atoms with Gasteiger partial charge in [-0.25, -0.2) is 4.98 Å². The van der Waals surface area contributed by atoms with Gasteiger partial charge in [0.25, 0.3) is 0 Å². The van der Waals surface area contributed by atoms with Crippen molar-refractivity contribution in [2.45, 2.75) is 19.4 Å². The second-order valence-corrected chi connectivity index (χ2v) is 6.05. The minimum Gasteiger partial charge on any atom is -0.392 e. The molecule has 2 saturated heterocycles. The third kappa shape index (κ3) is 3.93. The molecule has 3 rings (SSSR count). The van der Waals surface area contributed by atoms with Gasteiger partial charge in [-0.05, 0) is 36.5 Å². The van der Waals surface area contributed by atoms with E-state index in [1.54, 1.807) is 6.20 Å². The second kappa shape index (κ2) is 7.20. The SMILES string of the molecule is OCc1ccnc(N2CCC[C@H](CN3CCOCC3)C2)c1. The smallest absolute Gasteiger partial charge is 0.128 e. The van der Waals surface area contributed by atoms with Gasteiger partial charge in [-0.2, -0.15) is 0 Å². The van der Waals surface area contributed by atoms with Gasteiger partial charge in [0.05, 0.1) is 19.8 Å². The topological polar surface area (TPSA) is 48.8 Å². The van der Waals surface area contributed by atoms with E-state index in [0.29, 0.717) is 5.92 Å². The molecule has 1 N–H and O–H groups in total. The van der Waals surface area contributed by atoms with Gasteiger partial charge in [0.15, 0.2) is 0 Å². The van der Waals surface area contributed by atoms with Crippen molar-refractivity contribution in [2.75, 3.05) is 50.8 Å². The van der Waals surface area contributed by atoms with Crippen molar-refractivity contribution >= 4 is 5.82 Å². The average Bonchev–Trinajstić information content (AvgIpc) is 2.56. The normalized spacial score (nSPS) is 24.2. The van der Waals surface area contributed by atoms with Crippen LogP contribution in [0, 0.1) is 5.92 Å². The molecule has 5 nitrogen and oxygen atoms in total. The summed E-state index contributed by atoms with van der Waals surface area (Å²) in [6, 6.07) is 3.88. The van der Waals surface area contributed by atoms with Crippen molar-refractivity contribution in [2.24, 2.45) is 5.92 Å². The van der Waals surface area contributed by atoms with E-state index in [0.717, 1.165) is 50.8 Å². The zero-order chi connectivity index (χ0) is 14.5. The van der Waals surface area contributed by atoms with Crippen molar-refractivity contribution in [3.05, 3.63) is 23.9 Å². The van der Waals surface area contributed by atoms with Crippen molar-refractivity contribution < 1.29 is 9.84 Å². The van der Waals surface area contributed by atoms with Crippen LogP contribution in [0.4, 0.5) is 5.82 Å².